The minimum Gasteiger partial charge on any atom is -0.372 e. The van der Waals surface area contributed by atoms with Crippen LogP contribution in [-0.4, -0.2) is 34.3 Å². The highest BCUT2D eigenvalue weighted by Crippen LogP contribution is 2.37. The van der Waals surface area contributed by atoms with Crippen LogP contribution in [0.15, 0.2) is 23.1 Å². The molecule has 1 aliphatic carbocycles. The molecule has 1 amide bonds. The zero-order valence-corrected chi connectivity index (χ0v) is 17.0. The van der Waals surface area contributed by atoms with Gasteiger partial charge in [0.1, 0.15) is 4.32 Å². The number of thiocarbonyl (C=S) groups is 1. The van der Waals surface area contributed by atoms with Crippen molar-refractivity contribution in [3.8, 4) is 0 Å². The summed E-state index contributed by atoms with van der Waals surface area (Å²) in [7, 11) is 0. The summed E-state index contributed by atoms with van der Waals surface area (Å²) in [4.78, 5) is 18.1. The van der Waals surface area contributed by atoms with Crippen molar-refractivity contribution in [1.82, 2.24) is 4.90 Å². The van der Waals surface area contributed by atoms with Gasteiger partial charge in [-0.2, -0.15) is 0 Å². The minimum absolute atomic E-state index is 0.106. The standard InChI is InChI=1S/C21H26N2OS2/c1-15-13-18(22-11-5-6-12-22)10-9-16(15)14-19-20(24)23(21(25)26-19)17-7-3-2-4-8-17/h9-10,13-14,17H,2-8,11-12H2,1H3/b19-14-. The van der Waals surface area contributed by atoms with Gasteiger partial charge in [-0.05, 0) is 61.9 Å². The Labute approximate surface area is 165 Å². The molecule has 0 radical (unpaired) electrons. The fourth-order valence-corrected chi connectivity index (χ4v) is 5.66. The van der Waals surface area contributed by atoms with Crippen LogP contribution in [0, 0.1) is 6.92 Å². The maximum Gasteiger partial charge on any atom is 0.266 e. The van der Waals surface area contributed by atoms with Gasteiger partial charge < -0.3 is 4.90 Å². The van der Waals surface area contributed by atoms with E-state index in [1.165, 1.54) is 55.1 Å². The van der Waals surface area contributed by atoms with Crippen molar-refractivity contribution in [2.24, 2.45) is 0 Å². The second-order valence-corrected chi connectivity index (χ2v) is 9.25. The molecule has 1 aromatic rings. The van der Waals surface area contributed by atoms with E-state index >= 15 is 0 Å². The second kappa shape index (κ2) is 7.73. The van der Waals surface area contributed by atoms with Crippen LogP contribution < -0.4 is 4.90 Å². The second-order valence-electron chi connectivity index (χ2n) is 7.58. The number of hydrogen-bond donors (Lipinski definition) is 0. The number of aryl methyl sites for hydroxylation is 1. The Morgan fingerprint density at radius 3 is 2.54 bits per heavy atom. The van der Waals surface area contributed by atoms with E-state index in [2.05, 4.69) is 30.0 Å². The van der Waals surface area contributed by atoms with E-state index in [9.17, 15) is 4.79 Å². The van der Waals surface area contributed by atoms with Gasteiger partial charge in [-0.15, -0.1) is 0 Å². The Balaban J connectivity index is 1.54. The molecule has 3 fully saturated rings. The number of amides is 1. The van der Waals surface area contributed by atoms with E-state index in [1.807, 2.05) is 11.0 Å². The summed E-state index contributed by atoms with van der Waals surface area (Å²) in [5.74, 6) is 0.106. The van der Waals surface area contributed by atoms with Gasteiger partial charge in [0.05, 0.1) is 4.91 Å². The van der Waals surface area contributed by atoms with Crippen LogP contribution >= 0.6 is 24.0 Å². The summed E-state index contributed by atoms with van der Waals surface area (Å²) in [5.41, 5.74) is 3.64. The van der Waals surface area contributed by atoms with Crippen molar-refractivity contribution in [2.75, 3.05) is 18.0 Å². The third kappa shape index (κ3) is 3.56. The Morgan fingerprint density at radius 2 is 1.85 bits per heavy atom. The average molecular weight is 387 g/mol. The van der Waals surface area contributed by atoms with E-state index in [-0.39, 0.29) is 5.91 Å². The van der Waals surface area contributed by atoms with Crippen LogP contribution in [0.2, 0.25) is 0 Å². The molecule has 3 aliphatic rings. The van der Waals surface area contributed by atoms with Crippen molar-refractivity contribution in [3.05, 3.63) is 34.2 Å². The molecule has 1 saturated carbocycles. The maximum absolute atomic E-state index is 12.9. The van der Waals surface area contributed by atoms with Crippen LogP contribution in [0.5, 0.6) is 0 Å². The first-order chi connectivity index (χ1) is 12.6. The first kappa shape index (κ1) is 18.1. The molecule has 138 valence electrons. The van der Waals surface area contributed by atoms with Gasteiger partial charge in [0.15, 0.2) is 0 Å². The average Bonchev–Trinajstić information content (AvgIpc) is 3.26. The van der Waals surface area contributed by atoms with Crippen molar-refractivity contribution in [3.63, 3.8) is 0 Å². The van der Waals surface area contributed by atoms with Crippen molar-refractivity contribution >= 4 is 46.0 Å². The molecule has 2 aliphatic heterocycles. The highest BCUT2D eigenvalue weighted by atomic mass is 32.2. The molecular formula is C21H26N2OS2. The summed E-state index contributed by atoms with van der Waals surface area (Å²) in [6.07, 6.45) is 10.5. The van der Waals surface area contributed by atoms with E-state index < -0.39 is 0 Å². The summed E-state index contributed by atoms with van der Waals surface area (Å²) >= 11 is 7.01. The van der Waals surface area contributed by atoms with Gasteiger partial charge in [0.2, 0.25) is 0 Å². The smallest absolute Gasteiger partial charge is 0.266 e. The quantitative estimate of drug-likeness (QED) is 0.531. The lowest BCUT2D eigenvalue weighted by atomic mass is 9.94. The van der Waals surface area contributed by atoms with Gasteiger partial charge in [-0.1, -0.05) is 49.3 Å². The van der Waals surface area contributed by atoms with Crippen LogP contribution in [0.25, 0.3) is 6.08 Å². The molecule has 3 nitrogen and oxygen atoms in total. The zero-order valence-electron chi connectivity index (χ0n) is 15.4. The first-order valence-corrected chi connectivity index (χ1v) is 11.0. The molecule has 0 N–H and O–H groups in total. The number of carbonyl (C=O) groups is 1. The Kier molecular flexibility index (Phi) is 5.37. The lowest BCUT2D eigenvalue weighted by Crippen LogP contribution is -2.39. The maximum atomic E-state index is 12.9. The van der Waals surface area contributed by atoms with Crippen LogP contribution in [0.4, 0.5) is 5.69 Å². The first-order valence-electron chi connectivity index (χ1n) is 9.76. The highest BCUT2D eigenvalue weighted by Gasteiger charge is 2.37. The Morgan fingerprint density at radius 1 is 1.12 bits per heavy atom. The monoisotopic (exact) mass is 386 g/mol. The number of thioether (sulfide) groups is 1. The molecule has 0 atom stereocenters. The molecule has 0 aromatic heterocycles. The Hall–Kier alpha value is -1.33. The fraction of sp³-hybridized carbons (Fsp3) is 0.524. The largest absolute Gasteiger partial charge is 0.372 e. The number of hydrogen-bond acceptors (Lipinski definition) is 4. The number of rotatable bonds is 3. The number of anilines is 1. The molecular weight excluding hydrogens is 360 g/mol. The van der Waals surface area contributed by atoms with Gasteiger partial charge in [0.25, 0.3) is 5.91 Å². The normalized spacial score (nSPS) is 23.5. The Bertz CT molecular complexity index is 746. The molecule has 1 aromatic carbocycles. The van der Waals surface area contributed by atoms with Gasteiger partial charge >= 0.3 is 0 Å². The summed E-state index contributed by atoms with van der Waals surface area (Å²) in [5, 5.41) is 0. The third-order valence-corrected chi connectivity index (χ3v) is 7.10. The van der Waals surface area contributed by atoms with Gasteiger partial charge in [0, 0.05) is 24.8 Å². The number of carbonyl (C=O) groups excluding carboxylic acids is 1. The minimum atomic E-state index is 0.106. The van der Waals surface area contributed by atoms with Crippen LogP contribution in [0.3, 0.4) is 0 Å². The molecule has 0 bridgehead atoms. The van der Waals surface area contributed by atoms with Crippen molar-refractivity contribution in [1.29, 1.82) is 0 Å². The molecule has 5 heteroatoms. The molecule has 0 unspecified atom stereocenters. The topological polar surface area (TPSA) is 23.6 Å². The predicted octanol–water partition coefficient (Wildman–Crippen LogP) is 5.13. The lowest BCUT2D eigenvalue weighted by molar-refractivity contribution is -0.124. The van der Waals surface area contributed by atoms with Crippen molar-refractivity contribution < 1.29 is 4.79 Å². The van der Waals surface area contributed by atoms with Crippen molar-refractivity contribution in [2.45, 2.75) is 57.9 Å². The lowest BCUT2D eigenvalue weighted by Gasteiger charge is -2.29. The number of benzene rings is 1. The summed E-state index contributed by atoms with van der Waals surface area (Å²) in [6, 6.07) is 6.89. The SMILES string of the molecule is Cc1cc(N2CCCC2)ccc1/C=C1\SC(=S)N(C2CCCCC2)C1=O. The van der Waals surface area contributed by atoms with E-state index in [0.717, 1.165) is 40.7 Å². The molecule has 2 heterocycles. The molecule has 4 rings (SSSR count). The number of nitrogens with zero attached hydrogens (tertiary/aromatic N) is 2. The van der Waals surface area contributed by atoms with E-state index in [1.54, 1.807) is 0 Å². The fourth-order valence-electron chi connectivity index (χ4n) is 4.27. The highest BCUT2D eigenvalue weighted by molar-refractivity contribution is 8.26. The summed E-state index contributed by atoms with van der Waals surface area (Å²) < 4.78 is 0.736. The van der Waals surface area contributed by atoms with Gasteiger partial charge in [-0.3, -0.25) is 9.69 Å². The molecule has 0 spiro atoms. The van der Waals surface area contributed by atoms with Crippen LogP contribution in [0.1, 0.15) is 56.1 Å². The molecule has 2 saturated heterocycles. The third-order valence-electron chi connectivity index (χ3n) is 5.77. The van der Waals surface area contributed by atoms with E-state index in [4.69, 9.17) is 12.2 Å². The van der Waals surface area contributed by atoms with E-state index in [0.29, 0.717) is 6.04 Å². The molecule has 26 heavy (non-hydrogen) atoms. The zero-order chi connectivity index (χ0) is 18.1. The van der Waals surface area contributed by atoms with Crippen LogP contribution in [-0.2, 0) is 4.79 Å². The van der Waals surface area contributed by atoms with Gasteiger partial charge in [-0.25, -0.2) is 0 Å². The summed E-state index contributed by atoms with van der Waals surface area (Å²) in [6.45, 7) is 4.44. The predicted molar refractivity (Wildman–Crippen MR) is 115 cm³/mol.